The molecule has 66 valence electrons. The summed E-state index contributed by atoms with van der Waals surface area (Å²) < 4.78 is 30.1. The van der Waals surface area contributed by atoms with Gasteiger partial charge in [0.05, 0.1) is 5.25 Å². The van der Waals surface area contributed by atoms with Crippen molar-refractivity contribution in [2.24, 2.45) is 5.92 Å². The maximum atomic E-state index is 10.7. The van der Waals surface area contributed by atoms with Crippen LogP contribution >= 0.6 is 0 Å². The first kappa shape index (κ1) is 9.00. The van der Waals surface area contributed by atoms with E-state index >= 15 is 0 Å². The van der Waals surface area contributed by atoms with Crippen molar-refractivity contribution in [2.45, 2.75) is 37.9 Å². The lowest BCUT2D eigenvalue weighted by Gasteiger charge is -2.23. The van der Waals surface area contributed by atoms with Crippen LogP contribution in [0.3, 0.4) is 0 Å². The minimum absolute atomic E-state index is 0.440. The monoisotopic (exact) mass is 178 g/mol. The van der Waals surface area contributed by atoms with Gasteiger partial charge in [0.1, 0.15) is 0 Å². The largest absolute Gasteiger partial charge is 0.285 e. The minimum Gasteiger partial charge on any atom is -0.285 e. The van der Waals surface area contributed by atoms with Crippen LogP contribution in [-0.4, -0.2) is 18.2 Å². The third-order valence-corrected chi connectivity index (χ3v) is 3.58. The van der Waals surface area contributed by atoms with Crippen LogP contribution < -0.4 is 0 Å². The Labute approximate surface area is 67.6 Å². The molecule has 0 aliphatic heterocycles. The van der Waals surface area contributed by atoms with E-state index in [-0.39, 0.29) is 0 Å². The highest BCUT2D eigenvalue weighted by atomic mass is 32.2. The second-order valence-electron chi connectivity index (χ2n) is 3.41. The summed E-state index contributed by atoms with van der Waals surface area (Å²) in [5.74, 6) is 0.440. The fourth-order valence-corrected chi connectivity index (χ4v) is 2.69. The smallest absolute Gasteiger partial charge is 0.267 e. The van der Waals surface area contributed by atoms with E-state index in [0.717, 1.165) is 12.8 Å². The van der Waals surface area contributed by atoms with Gasteiger partial charge in [-0.1, -0.05) is 19.8 Å². The van der Waals surface area contributed by atoms with E-state index in [1.54, 1.807) is 0 Å². The summed E-state index contributed by atoms with van der Waals surface area (Å²) in [4.78, 5) is 0. The predicted molar refractivity (Wildman–Crippen MR) is 43.0 cm³/mol. The Morgan fingerprint density at radius 3 is 2.36 bits per heavy atom. The van der Waals surface area contributed by atoms with Gasteiger partial charge in [-0.3, -0.25) is 4.55 Å². The van der Waals surface area contributed by atoms with Gasteiger partial charge in [-0.05, 0) is 18.8 Å². The van der Waals surface area contributed by atoms with Gasteiger partial charge in [-0.2, -0.15) is 8.42 Å². The Bertz CT molecular complexity index is 220. The fourth-order valence-electron chi connectivity index (χ4n) is 1.65. The van der Waals surface area contributed by atoms with Crippen molar-refractivity contribution in [1.82, 2.24) is 0 Å². The zero-order valence-corrected chi connectivity index (χ0v) is 7.47. The van der Waals surface area contributed by atoms with Gasteiger partial charge in [0.25, 0.3) is 10.1 Å². The average molecular weight is 178 g/mol. The molecule has 0 aromatic carbocycles. The van der Waals surface area contributed by atoms with Gasteiger partial charge >= 0.3 is 0 Å². The van der Waals surface area contributed by atoms with E-state index in [4.69, 9.17) is 4.55 Å². The molecule has 0 bridgehead atoms. The summed E-state index contributed by atoms with van der Waals surface area (Å²) in [6.07, 6.45) is 3.26. The minimum atomic E-state index is -3.76. The van der Waals surface area contributed by atoms with E-state index in [2.05, 4.69) is 0 Å². The van der Waals surface area contributed by atoms with Gasteiger partial charge in [-0.15, -0.1) is 0 Å². The molecule has 1 N–H and O–H groups in total. The third-order valence-electron chi connectivity index (χ3n) is 2.31. The first-order valence-corrected chi connectivity index (χ1v) is 5.47. The van der Waals surface area contributed by atoms with Crippen molar-refractivity contribution in [3.8, 4) is 0 Å². The molecular formula is C7H14O3S. The van der Waals surface area contributed by atoms with E-state index in [0.29, 0.717) is 18.8 Å². The lowest BCUT2D eigenvalue weighted by atomic mass is 9.91. The number of hydrogen-bond acceptors (Lipinski definition) is 2. The van der Waals surface area contributed by atoms with Crippen molar-refractivity contribution in [2.75, 3.05) is 0 Å². The molecule has 1 saturated carbocycles. The molecule has 2 unspecified atom stereocenters. The molecular weight excluding hydrogens is 164 g/mol. The Kier molecular flexibility index (Phi) is 2.54. The summed E-state index contributed by atoms with van der Waals surface area (Å²) >= 11 is 0. The van der Waals surface area contributed by atoms with Crippen LogP contribution in [0.4, 0.5) is 0 Å². The van der Waals surface area contributed by atoms with Gasteiger partial charge in [0.2, 0.25) is 0 Å². The molecule has 1 fully saturated rings. The van der Waals surface area contributed by atoms with Crippen LogP contribution in [0.15, 0.2) is 0 Å². The fraction of sp³-hybridized carbons (Fsp3) is 1.00. The Hall–Kier alpha value is -0.0900. The molecule has 0 aromatic heterocycles. The van der Waals surface area contributed by atoms with Crippen LogP contribution in [0.25, 0.3) is 0 Å². The number of hydrogen-bond donors (Lipinski definition) is 1. The zero-order valence-electron chi connectivity index (χ0n) is 6.66. The van der Waals surface area contributed by atoms with Gasteiger partial charge in [0.15, 0.2) is 0 Å². The Balaban J connectivity index is 2.60. The molecule has 0 heterocycles. The van der Waals surface area contributed by atoms with Crippen LogP contribution in [0.1, 0.15) is 32.6 Å². The lowest BCUT2D eigenvalue weighted by molar-refractivity contribution is 0.361. The quantitative estimate of drug-likeness (QED) is 0.618. The Morgan fingerprint density at radius 2 is 2.00 bits per heavy atom. The van der Waals surface area contributed by atoms with Crippen LogP contribution in [0.5, 0.6) is 0 Å². The maximum absolute atomic E-state index is 10.7. The molecule has 0 spiro atoms. The van der Waals surface area contributed by atoms with E-state index < -0.39 is 15.4 Å². The molecule has 4 heteroatoms. The highest BCUT2D eigenvalue weighted by Gasteiger charge is 2.28. The first-order valence-electron chi connectivity index (χ1n) is 3.96. The van der Waals surface area contributed by atoms with Crippen LogP contribution in [0, 0.1) is 5.92 Å². The molecule has 1 rings (SSSR count). The second kappa shape index (κ2) is 3.11. The molecule has 1 aliphatic carbocycles. The summed E-state index contributed by atoms with van der Waals surface area (Å²) in [6.45, 7) is 2.03. The molecule has 0 amide bonds. The van der Waals surface area contributed by atoms with Crippen molar-refractivity contribution in [3.05, 3.63) is 0 Å². The molecule has 0 aromatic rings. The standard InChI is InChI=1S/C7H14O3S/c1-6-3-2-4-7(5-6)11(8,9)10/h6-7H,2-5H2,1H3,(H,8,9,10). The number of rotatable bonds is 1. The first-order chi connectivity index (χ1) is 5.00. The molecule has 0 radical (unpaired) electrons. The third kappa shape index (κ3) is 2.45. The second-order valence-corrected chi connectivity index (χ2v) is 5.11. The molecule has 2 atom stereocenters. The topological polar surface area (TPSA) is 54.4 Å². The molecule has 0 saturated heterocycles. The summed E-state index contributed by atoms with van der Waals surface area (Å²) in [6, 6.07) is 0. The highest BCUT2D eigenvalue weighted by Crippen LogP contribution is 2.27. The SMILES string of the molecule is CC1CCCC(S(=O)(=O)O)C1. The van der Waals surface area contributed by atoms with E-state index in [1.807, 2.05) is 6.92 Å². The highest BCUT2D eigenvalue weighted by molar-refractivity contribution is 7.86. The average Bonchev–Trinajstić information content (AvgIpc) is 1.86. The zero-order chi connectivity index (χ0) is 8.48. The van der Waals surface area contributed by atoms with Crippen molar-refractivity contribution < 1.29 is 13.0 Å². The molecule has 1 aliphatic rings. The maximum Gasteiger partial charge on any atom is 0.267 e. The summed E-state index contributed by atoms with van der Waals surface area (Å²) in [7, 11) is -3.76. The lowest BCUT2D eigenvalue weighted by Crippen LogP contribution is -2.26. The van der Waals surface area contributed by atoms with Crippen molar-refractivity contribution in [1.29, 1.82) is 0 Å². The summed E-state index contributed by atoms with van der Waals surface area (Å²) in [5, 5.41) is -0.494. The molecule has 11 heavy (non-hydrogen) atoms. The van der Waals surface area contributed by atoms with Gasteiger partial charge in [-0.25, -0.2) is 0 Å². The molecule has 3 nitrogen and oxygen atoms in total. The van der Waals surface area contributed by atoms with Gasteiger partial charge < -0.3 is 0 Å². The predicted octanol–water partition coefficient (Wildman–Crippen LogP) is 1.45. The van der Waals surface area contributed by atoms with Crippen LogP contribution in [0.2, 0.25) is 0 Å². The van der Waals surface area contributed by atoms with Crippen LogP contribution in [-0.2, 0) is 10.1 Å². The Morgan fingerprint density at radius 1 is 1.36 bits per heavy atom. The normalized spacial score (nSPS) is 33.6. The van der Waals surface area contributed by atoms with Crippen molar-refractivity contribution >= 4 is 10.1 Å². The van der Waals surface area contributed by atoms with E-state index in [9.17, 15) is 8.42 Å². The van der Waals surface area contributed by atoms with E-state index in [1.165, 1.54) is 0 Å². The van der Waals surface area contributed by atoms with Crippen molar-refractivity contribution in [3.63, 3.8) is 0 Å². The summed E-state index contributed by atoms with van der Waals surface area (Å²) in [5.41, 5.74) is 0. The van der Waals surface area contributed by atoms with Gasteiger partial charge in [0, 0.05) is 0 Å².